The van der Waals surface area contributed by atoms with Crippen molar-refractivity contribution < 1.29 is 9.59 Å². The second-order valence-electron chi connectivity index (χ2n) is 6.47. The predicted molar refractivity (Wildman–Crippen MR) is 98.8 cm³/mol. The maximum absolute atomic E-state index is 12.5. The topological polar surface area (TPSA) is 65.2 Å². The third kappa shape index (κ3) is 4.10. The molecule has 0 unspecified atom stereocenters. The zero-order valence-corrected chi connectivity index (χ0v) is 14.8. The molecule has 1 fully saturated rings. The van der Waals surface area contributed by atoms with Crippen LogP contribution in [-0.2, 0) is 11.2 Å². The number of amides is 2. The summed E-state index contributed by atoms with van der Waals surface area (Å²) in [4.78, 5) is 29.6. The number of aromatic nitrogens is 1. The molecule has 1 saturated carbocycles. The van der Waals surface area contributed by atoms with Gasteiger partial charge in [0.2, 0.25) is 5.91 Å². The van der Waals surface area contributed by atoms with E-state index in [-0.39, 0.29) is 11.8 Å². The average molecular weight is 339 g/mol. The number of rotatable bonds is 7. The summed E-state index contributed by atoms with van der Waals surface area (Å²) in [6, 6.07) is 9.34. The second kappa shape index (κ2) is 7.55. The standard InChI is InChI=1S/C20H25N3O2/c1-3-23(4-2)18(24)13-14-5-9-16(10-6-14)22-20(25)17-11-12-21-19(17)15-7-8-15/h5-6,9-12,15,21H,3-4,7-8,13H2,1-2H3,(H,22,25). The first-order valence-electron chi connectivity index (χ1n) is 8.97. The number of nitrogens with one attached hydrogen (secondary N) is 2. The van der Waals surface area contributed by atoms with Crippen molar-refractivity contribution in [3.63, 3.8) is 0 Å². The highest BCUT2D eigenvalue weighted by Crippen LogP contribution is 2.40. The van der Waals surface area contributed by atoms with Crippen LogP contribution in [0, 0.1) is 0 Å². The molecular formula is C20H25N3O2. The van der Waals surface area contributed by atoms with Crippen molar-refractivity contribution in [3.8, 4) is 0 Å². The van der Waals surface area contributed by atoms with Gasteiger partial charge in [-0.05, 0) is 56.4 Å². The van der Waals surface area contributed by atoms with E-state index >= 15 is 0 Å². The molecule has 1 aliphatic carbocycles. The molecule has 1 aromatic heterocycles. The van der Waals surface area contributed by atoms with Crippen LogP contribution in [0.4, 0.5) is 5.69 Å². The number of carbonyl (C=O) groups excluding carboxylic acids is 2. The summed E-state index contributed by atoms with van der Waals surface area (Å²) < 4.78 is 0. The Bertz CT molecular complexity index is 741. The number of benzene rings is 1. The number of carbonyl (C=O) groups is 2. The van der Waals surface area contributed by atoms with Crippen LogP contribution in [0.2, 0.25) is 0 Å². The van der Waals surface area contributed by atoms with Gasteiger partial charge in [-0.3, -0.25) is 9.59 Å². The highest BCUT2D eigenvalue weighted by atomic mass is 16.2. The molecular weight excluding hydrogens is 314 g/mol. The Hall–Kier alpha value is -2.56. The largest absolute Gasteiger partial charge is 0.364 e. The van der Waals surface area contributed by atoms with E-state index in [1.807, 2.05) is 55.3 Å². The lowest BCUT2D eigenvalue weighted by Gasteiger charge is -2.18. The Balaban J connectivity index is 1.61. The van der Waals surface area contributed by atoms with E-state index in [1.165, 1.54) is 0 Å². The number of aromatic amines is 1. The van der Waals surface area contributed by atoms with E-state index in [9.17, 15) is 9.59 Å². The molecule has 0 aliphatic heterocycles. The molecule has 132 valence electrons. The van der Waals surface area contributed by atoms with Gasteiger partial charge in [0.1, 0.15) is 0 Å². The fraction of sp³-hybridized carbons (Fsp3) is 0.400. The number of hydrogen-bond acceptors (Lipinski definition) is 2. The predicted octanol–water partition coefficient (Wildman–Crippen LogP) is 3.56. The van der Waals surface area contributed by atoms with Gasteiger partial charge in [-0.2, -0.15) is 0 Å². The number of hydrogen-bond donors (Lipinski definition) is 2. The van der Waals surface area contributed by atoms with E-state index < -0.39 is 0 Å². The van der Waals surface area contributed by atoms with Crippen molar-refractivity contribution in [1.29, 1.82) is 0 Å². The van der Waals surface area contributed by atoms with Gasteiger partial charge < -0.3 is 15.2 Å². The fourth-order valence-corrected chi connectivity index (χ4v) is 3.06. The minimum Gasteiger partial charge on any atom is -0.364 e. The zero-order chi connectivity index (χ0) is 17.8. The molecule has 25 heavy (non-hydrogen) atoms. The fourth-order valence-electron chi connectivity index (χ4n) is 3.06. The van der Waals surface area contributed by atoms with Crippen molar-refractivity contribution in [2.24, 2.45) is 0 Å². The van der Waals surface area contributed by atoms with Crippen LogP contribution in [0.15, 0.2) is 36.5 Å². The van der Waals surface area contributed by atoms with Gasteiger partial charge in [-0.15, -0.1) is 0 Å². The van der Waals surface area contributed by atoms with E-state index in [0.29, 0.717) is 12.3 Å². The highest BCUT2D eigenvalue weighted by Gasteiger charge is 2.29. The van der Waals surface area contributed by atoms with Gasteiger partial charge in [0, 0.05) is 30.7 Å². The summed E-state index contributed by atoms with van der Waals surface area (Å²) in [5.41, 5.74) is 3.46. The zero-order valence-electron chi connectivity index (χ0n) is 14.8. The molecule has 0 atom stereocenters. The summed E-state index contributed by atoms with van der Waals surface area (Å²) >= 11 is 0. The van der Waals surface area contributed by atoms with E-state index in [4.69, 9.17) is 0 Å². The third-order valence-electron chi connectivity index (χ3n) is 4.69. The lowest BCUT2D eigenvalue weighted by Crippen LogP contribution is -2.31. The van der Waals surface area contributed by atoms with E-state index in [0.717, 1.165) is 48.4 Å². The van der Waals surface area contributed by atoms with Crippen molar-refractivity contribution in [2.75, 3.05) is 18.4 Å². The lowest BCUT2D eigenvalue weighted by molar-refractivity contribution is -0.130. The van der Waals surface area contributed by atoms with Crippen LogP contribution in [0.1, 0.15) is 54.2 Å². The Morgan fingerprint density at radius 3 is 2.40 bits per heavy atom. The molecule has 5 heteroatoms. The van der Waals surface area contributed by atoms with Crippen LogP contribution in [0.5, 0.6) is 0 Å². The maximum Gasteiger partial charge on any atom is 0.257 e. The molecule has 0 saturated heterocycles. The minimum atomic E-state index is -0.0879. The molecule has 2 aromatic rings. The molecule has 1 aliphatic rings. The first-order valence-corrected chi connectivity index (χ1v) is 8.97. The normalized spacial score (nSPS) is 13.5. The van der Waals surface area contributed by atoms with Crippen molar-refractivity contribution in [1.82, 2.24) is 9.88 Å². The minimum absolute atomic E-state index is 0.0879. The number of nitrogens with zero attached hydrogens (tertiary/aromatic N) is 1. The van der Waals surface area contributed by atoms with E-state index in [2.05, 4.69) is 10.3 Å². The molecule has 0 spiro atoms. The summed E-state index contributed by atoms with van der Waals surface area (Å²) in [5, 5.41) is 2.94. The van der Waals surface area contributed by atoms with Crippen LogP contribution < -0.4 is 5.32 Å². The Morgan fingerprint density at radius 2 is 1.80 bits per heavy atom. The van der Waals surface area contributed by atoms with Crippen LogP contribution >= 0.6 is 0 Å². The summed E-state index contributed by atoms with van der Waals surface area (Å²) in [6.45, 7) is 5.42. The molecule has 1 heterocycles. The Morgan fingerprint density at radius 1 is 1.12 bits per heavy atom. The Labute approximate surface area is 148 Å². The molecule has 0 bridgehead atoms. The van der Waals surface area contributed by atoms with Gasteiger partial charge in [-0.25, -0.2) is 0 Å². The van der Waals surface area contributed by atoms with Crippen LogP contribution in [0.25, 0.3) is 0 Å². The van der Waals surface area contributed by atoms with Gasteiger partial charge in [0.15, 0.2) is 0 Å². The van der Waals surface area contributed by atoms with Crippen molar-refractivity contribution in [3.05, 3.63) is 53.3 Å². The van der Waals surface area contributed by atoms with Gasteiger partial charge in [0.05, 0.1) is 12.0 Å². The third-order valence-corrected chi connectivity index (χ3v) is 4.69. The average Bonchev–Trinajstić information content (AvgIpc) is 3.34. The molecule has 5 nitrogen and oxygen atoms in total. The van der Waals surface area contributed by atoms with Crippen molar-refractivity contribution >= 4 is 17.5 Å². The summed E-state index contributed by atoms with van der Waals surface area (Å²) in [5.74, 6) is 0.544. The lowest BCUT2D eigenvalue weighted by atomic mass is 10.1. The molecule has 3 rings (SSSR count). The summed E-state index contributed by atoms with van der Waals surface area (Å²) in [6.07, 6.45) is 4.51. The summed E-state index contributed by atoms with van der Waals surface area (Å²) in [7, 11) is 0. The smallest absolute Gasteiger partial charge is 0.257 e. The van der Waals surface area contributed by atoms with Crippen LogP contribution in [-0.4, -0.2) is 34.8 Å². The van der Waals surface area contributed by atoms with Crippen molar-refractivity contribution in [2.45, 2.75) is 39.0 Å². The molecule has 2 N–H and O–H groups in total. The number of anilines is 1. The monoisotopic (exact) mass is 339 g/mol. The van der Waals surface area contributed by atoms with E-state index in [1.54, 1.807) is 0 Å². The van der Waals surface area contributed by atoms with Crippen LogP contribution in [0.3, 0.4) is 0 Å². The molecule has 1 aromatic carbocycles. The maximum atomic E-state index is 12.5. The highest BCUT2D eigenvalue weighted by molar-refractivity contribution is 6.05. The number of likely N-dealkylation sites (N-methyl/N-ethyl adjacent to an activating group) is 1. The Kier molecular flexibility index (Phi) is 5.22. The van der Waals surface area contributed by atoms with Gasteiger partial charge >= 0.3 is 0 Å². The first kappa shape index (κ1) is 17.3. The quantitative estimate of drug-likeness (QED) is 0.810. The molecule has 0 radical (unpaired) electrons. The first-order chi connectivity index (χ1) is 12.1. The van der Waals surface area contributed by atoms with Gasteiger partial charge in [0.25, 0.3) is 5.91 Å². The second-order valence-corrected chi connectivity index (χ2v) is 6.47. The number of H-pyrrole nitrogens is 1. The molecule has 2 amide bonds. The van der Waals surface area contributed by atoms with Gasteiger partial charge in [-0.1, -0.05) is 12.1 Å². The SMILES string of the molecule is CCN(CC)C(=O)Cc1ccc(NC(=O)c2cc[nH]c2C2CC2)cc1.